The van der Waals surface area contributed by atoms with E-state index in [-0.39, 0.29) is 11.9 Å². The lowest BCUT2D eigenvalue weighted by Crippen LogP contribution is -2.24. The summed E-state index contributed by atoms with van der Waals surface area (Å²) in [6.07, 6.45) is 8.20. The van der Waals surface area contributed by atoms with E-state index in [0.29, 0.717) is 12.3 Å². The van der Waals surface area contributed by atoms with E-state index < -0.39 is 0 Å². The van der Waals surface area contributed by atoms with Crippen LogP contribution in [0.3, 0.4) is 0 Å². The van der Waals surface area contributed by atoms with E-state index in [9.17, 15) is 4.79 Å². The summed E-state index contributed by atoms with van der Waals surface area (Å²) >= 11 is 0. The number of nitrogens with two attached hydrogens (primary N) is 1. The van der Waals surface area contributed by atoms with E-state index in [1.165, 1.54) is 18.4 Å². The standard InChI is InChI=1S/C16H20N4O/c1-10(17)13-9-19-8-12(11-4-5-11)7-14(16(19)18-13)20-6-2-3-15(20)21/h7-11H,2-6,17H2,1H3. The lowest BCUT2D eigenvalue weighted by molar-refractivity contribution is -0.117. The number of carbonyl (C=O) groups excluding carboxylic acids is 1. The zero-order valence-electron chi connectivity index (χ0n) is 12.2. The minimum atomic E-state index is -0.101. The summed E-state index contributed by atoms with van der Waals surface area (Å²) in [6, 6.07) is 2.06. The molecule has 1 amide bonds. The van der Waals surface area contributed by atoms with Crippen molar-refractivity contribution in [2.24, 2.45) is 5.73 Å². The topological polar surface area (TPSA) is 63.6 Å². The highest BCUT2D eigenvalue weighted by Gasteiger charge is 2.29. The molecule has 1 unspecified atom stereocenters. The lowest BCUT2D eigenvalue weighted by atomic mass is 10.1. The van der Waals surface area contributed by atoms with Crippen molar-refractivity contribution in [1.29, 1.82) is 0 Å². The number of pyridine rings is 1. The molecule has 0 aromatic carbocycles. The molecule has 1 atom stereocenters. The van der Waals surface area contributed by atoms with Crippen molar-refractivity contribution in [2.75, 3.05) is 11.4 Å². The Hall–Kier alpha value is -1.88. The third-order valence-corrected chi connectivity index (χ3v) is 4.45. The molecule has 1 aliphatic heterocycles. The molecule has 5 nitrogen and oxygen atoms in total. The van der Waals surface area contributed by atoms with Crippen molar-refractivity contribution in [3.63, 3.8) is 0 Å². The van der Waals surface area contributed by atoms with Crippen LogP contribution >= 0.6 is 0 Å². The normalized spacial score (nSPS) is 20.5. The molecule has 3 heterocycles. The first-order chi connectivity index (χ1) is 10.1. The second-order valence-corrected chi connectivity index (χ2v) is 6.27. The van der Waals surface area contributed by atoms with Gasteiger partial charge in [-0.1, -0.05) is 0 Å². The second-order valence-electron chi connectivity index (χ2n) is 6.27. The fraction of sp³-hybridized carbons (Fsp3) is 0.500. The molecule has 0 spiro atoms. The van der Waals surface area contributed by atoms with E-state index >= 15 is 0 Å². The zero-order chi connectivity index (χ0) is 14.6. The molecule has 4 rings (SSSR count). The van der Waals surface area contributed by atoms with Crippen LogP contribution in [0.25, 0.3) is 5.65 Å². The summed E-state index contributed by atoms with van der Waals surface area (Å²) in [5.41, 5.74) is 9.95. The van der Waals surface area contributed by atoms with Crippen LogP contribution in [0.4, 0.5) is 5.69 Å². The molecule has 0 radical (unpaired) electrons. The predicted molar refractivity (Wildman–Crippen MR) is 81.4 cm³/mol. The Kier molecular flexibility index (Phi) is 2.79. The van der Waals surface area contributed by atoms with E-state index in [1.807, 2.05) is 22.4 Å². The first kappa shape index (κ1) is 12.8. The van der Waals surface area contributed by atoms with Crippen LogP contribution < -0.4 is 10.6 Å². The van der Waals surface area contributed by atoms with E-state index in [2.05, 4.69) is 17.2 Å². The van der Waals surface area contributed by atoms with Crippen LogP contribution in [-0.4, -0.2) is 21.8 Å². The Bertz CT molecular complexity index is 714. The smallest absolute Gasteiger partial charge is 0.227 e. The molecular weight excluding hydrogens is 264 g/mol. The number of fused-ring (bicyclic) bond motifs is 1. The van der Waals surface area contributed by atoms with Crippen LogP contribution in [0.2, 0.25) is 0 Å². The van der Waals surface area contributed by atoms with Crippen LogP contribution in [0.5, 0.6) is 0 Å². The molecule has 21 heavy (non-hydrogen) atoms. The fourth-order valence-electron chi connectivity index (χ4n) is 3.08. The molecule has 1 saturated carbocycles. The number of rotatable bonds is 3. The van der Waals surface area contributed by atoms with Crippen molar-refractivity contribution in [1.82, 2.24) is 9.38 Å². The molecule has 2 aliphatic rings. The highest BCUT2D eigenvalue weighted by molar-refractivity contribution is 5.98. The van der Waals surface area contributed by atoms with Gasteiger partial charge in [-0.2, -0.15) is 0 Å². The summed E-state index contributed by atoms with van der Waals surface area (Å²) in [5, 5.41) is 0. The minimum Gasteiger partial charge on any atom is -0.323 e. The average Bonchev–Trinajstić information content (AvgIpc) is 3.07. The molecule has 0 bridgehead atoms. The minimum absolute atomic E-state index is 0.101. The summed E-state index contributed by atoms with van der Waals surface area (Å²) in [7, 11) is 0. The molecule has 5 heteroatoms. The number of hydrogen-bond donors (Lipinski definition) is 1. The van der Waals surface area contributed by atoms with Gasteiger partial charge in [0.1, 0.15) is 0 Å². The maximum atomic E-state index is 12.1. The van der Waals surface area contributed by atoms with E-state index in [0.717, 1.165) is 30.0 Å². The van der Waals surface area contributed by atoms with Gasteiger partial charge in [0.15, 0.2) is 5.65 Å². The van der Waals surface area contributed by atoms with E-state index in [1.54, 1.807) is 0 Å². The Morgan fingerprint density at radius 1 is 1.38 bits per heavy atom. The monoisotopic (exact) mass is 284 g/mol. The molecule has 1 aliphatic carbocycles. The van der Waals surface area contributed by atoms with Gasteiger partial charge in [-0.25, -0.2) is 4.98 Å². The summed E-state index contributed by atoms with van der Waals surface area (Å²) in [6.45, 7) is 2.73. The molecule has 2 aromatic heterocycles. The molecule has 2 N–H and O–H groups in total. The van der Waals surface area contributed by atoms with Gasteiger partial charge in [0.25, 0.3) is 0 Å². The Morgan fingerprint density at radius 2 is 2.19 bits per heavy atom. The summed E-state index contributed by atoms with van der Waals surface area (Å²) in [4.78, 5) is 18.7. The number of imidazole rings is 1. The van der Waals surface area contributed by atoms with Crippen molar-refractivity contribution >= 4 is 17.2 Å². The first-order valence-electron chi connectivity index (χ1n) is 7.72. The molecule has 2 aromatic rings. The van der Waals surface area contributed by atoms with Gasteiger partial charge < -0.3 is 15.0 Å². The zero-order valence-corrected chi connectivity index (χ0v) is 12.2. The van der Waals surface area contributed by atoms with Gasteiger partial charge in [-0.15, -0.1) is 0 Å². The number of anilines is 1. The van der Waals surface area contributed by atoms with Crippen LogP contribution in [0.15, 0.2) is 18.5 Å². The van der Waals surface area contributed by atoms with Gasteiger partial charge in [0, 0.05) is 31.4 Å². The molecule has 1 saturated heterocycles. The maximum Gasteiger partial charge on any atom is 0.227 e. The van der Waals surface area contributed by atoms with Gasteiger partial charge >= 0.3 is 0 Å². The SMILES string of the molecule is CC(N)c1cn2cc(C3CC3)cc(N3CCCC3=O)c2n1. The first-order valence-corrected chi connectivity index (χ1v) is 7.72. The number of aromatic nitrogens is 2. The lowest BCUT2D eigenvalue weighted by Gasteiger charge is -2.17. The number of nitrogens with zero attached hydrogens (tertiary/aromatic N) is 3. The van der Waals surface area contributed by atoms with Gasteiger partial charge in [0.05, 0.1) is 11.4 Å². The highest BCUT2D eigenvalue weighted by atomic mass is 16.2. The second kappa shape index (κ2) is 4.56. The Morgan fingerprint density at radius 3 is 2.81 bits per heavy atom. The van der Waals surface area contributed by atoms with Crippen LogP contribution in [-0.2, 0) is 4.79 Å². The highest BCUT2D eigenvalue weighted by Crippen LogP contribution is 2.42. The predicted octanol–water partition coefficient (Wildman–Crippen LogP) is 2.36. The molecular formula is C16H20N4O. The van der Waals surface area contributed by atoms with Crippen molar-refractivity contribution in [2.45, 2.75) is 44.6 Å². The van der Waals surface area contributed by atoms with Crippen molar-refractivity contribution in [3.05, 3.63) is 29.7 Å². The summed E-state index contributed by atoms with van der Waals surface area (Å²) < 4.78 is 2.05. The number of amides is 1. The molecule has 110 valence electrons. The Balaban J connectivity index is 1.90. The summed E-state index contributed by atoms with van der Waals surface area (Å²) in [5.74, 6) is 0.849. The third-order valence-electron chi connectivity index (χ3n) is 4.45. The van der Waals surface area contributed by atoms with E-state index in [4.69, 9.17) is 5.73 Å². The fourth-order valence-corrected chi connectivity index (χ4v) is 3.08. The quantitative estimate of drug-likeness (QED) is 0.941. The Labute approximate surface area is 123 Å². The van der Waals surface area contributed by atoms with Gasteiger partial charge in [-0.05, 0) is 43.7 Å². The third kappa shape index (κ3) is 2.12. The average molecular weight is 284 g/mol. The largest absolute Gasteiger partial charge is 0.323 e. The number of hydrogen-bond acceptors (Lipinski definition) is 3. The number of carbonyl (C=O) groups is 1. The van der Waals surface area contributed by atoms with Gasteiger partial charge in [0.2, 0.25) is 5.91 Å². The van der Waals surface area contributed by atoms with Crippen molar-refractivity contribution in [3.8, 4) is 0 Å². The van der Waals surface area contributed by atoms with Crippen molar-refractivity contribution < 1.29 is 4.79 Å². The van der Waals surface area contributed by atoms with Crippen LogP contribution in [0.1, 0.15) is 55.8 Å². The maximum absolute atomic E-state index is 12.1. The van der Waals surface area contributed by atoms with Gasteiger partial charge in [-0.3, -0.25) is 4.79 Å². The molecule has 2 fully saturated rings. The van der Waals surface area contributed by atoms with Crippen LogP contribution in [0, 0.1) is 0 Å².